The van der Waals surface area contributed by atoms with Gasteiger partial charge < -0.3 is 10.2 Å². The second-order valence-electron chi connectivity index (χ2n) is 5.50. The smallest absolute Gasteiger partial charge is 0.244 e. The van der Waals surface area contributed by atoms with E-state index in [1.165, 1.54) is 11.8 Å². The zero-order chi connectivity index (χ0) is 17.9. The number of halogens is 2. The number of carbonyl (C=O) groups is 2. The van der Waals surface area contributed by atoms with Gasteiger partial charge in [0.1, 0.15) is 6.54 Å². The monoisotopic (exact) mass is 364 g/mol. The van der Waals surface area contributed by atoms with E-state index in [0.29, 0.717) is 15.7 Å². The van der Waals surface area contributed by atoms with Crippen LogP contribution in [-0.4, -0.2) is 18.4 Å². The van der Waals surface area contributed by atoms with Gasteiger partial charge in [0.15, 0.2) is 0 Å². The highest BCUT2D eigenvalue weighted by Gasteiger charge is 2.19. The van der Waals surface area contributed by atoms with Gasteiger partial charge in [-0.05, 0) is 49.2 Å². The van der Waals surface area contributed by atoms with Gasteiger partial charge in [-0.2, -0.15) is 0 Å². The Kier molecular flexibility index (Phi) is 5.86. The summed E-state index contributed by atoms with van der Waals surface area (Å²) in [6, 6.07) is 10.5. The maximum atomic E-state index is 12.4. The fraction of sp³-hybridized carbons (Fsp3) is 0.222. The fourth-order valence-corrected chi connectivity index (χ4v) is 2.66. The highest BCUT2D eigenvalue weighted by Crippen LogP contribution is 2.29. The number of hydrogen-bond acceptors (Lipinski definition) is 2. The first-order valence-electron chi connectivity index (χ1n) is 7.39. The molecular weight excluding hydrogens is 347 g/mol. The van der Waals surface area contributed by atoms with Crippen LogP contribution in [0.5, 0.6) is 0 Å². The molecule has 0 heterocycles. The van der Waals surface area contributed by atoms with Crippen molar-refractivity contribution in [1.82, 2.24) is 0 Å². The van der Waals surface area contributed by atoms with Crippen LogP contribution in [0, 0.1) is 13.8 Å². The lowest BCUT2D eigenvalue weighted by atomic mass is 10.1. The van der Waals surface area contributed by atoms with Crippen molar-refractivity contribution < 1.29 is 9.59 Å². The van der Waals surface area contributed by atoms with E-state index in [9.17, 15) is 9.59 Å². The lowest BCUT2D eigenvalue weighted by molar-refractivity contribution is -0.120. The average molecular weight is 365 g/mol. The summed E-state index contributed by atoms with van der Waals surface area (Å²) >= 11 is 12.1. The number of benzene rings is 2. The van der Waals surface area contributed by atoms with Crippen LogP contribution in [0.15, 0.2) is 36.4 Å². The van der Waals surface area contributed by atoms with E-state index < -0.39 is 0 Å². The zero-order valence-electron chi connectivity index (χ0n) is 13.7. The van der Waals surface area contributed by atoms with E-state index in [0.717, 1.165) is 16.8 Å². The Bertz CT molecular complexity index is 791. The minimum Gasteiger partial charge on any atom is -0.324 e. The Labute approximate surface area is 151 Å². The molecule has 4 nitrogen and oxygen atoms in total. The van der Waals surface area contributed by atoms with Crippen LogP contribution in [-0.2, 0) is 9.59 Å². The summed E-state index contributed by atoms with van der Waals surface area (Å²) in [7, 11) is 0. The van der Waals surface area contributed by atoms with Gasteiger partial charge in [-0.3, -0.25) is 9.59 Å². The molecule has 6 heteroatoms. The van der Waals surface area contributed by atoms with Crippen LogP contribution in [0.1, 0.15) is 18.1 Å². The van der Waals surface area contributed by atoms with Crippen molar-refractivity contribution in [2.45, 2.75) is 20.8 Å². The molecule has 0 atom stereocenters. The van der Waals surface area contributed by atoms with Crippen molar-refractivity contribution in [1.29, 1.82) is 0 Å². The SMILES string of the molecule is CC(=O)N(CC(=O)Nc1cccc(C)c1C)c1cc(Cl)ccc1Cl. The normalized spacial score (nSPS) is 10.4. The maximum Gasteiger partial charge on any atom is 0.244 e. The summed E-state index contributed by atoms with van der Waals surface area (Å²) in [5.41, 5.74) is 3.20. The second-order valence-corrected chi connectivity index (χ2v) is 6.34. The summed E-state index contributed by atoms with van der Waals surface area (Å²) in [6.45, 7) is 5.13. The summed E-state index contributed by atoms with van der Waals surface area (Å²) in [5, 5.41) is 3.63. The lowest BCUT2D eigenvalue weighted by Crippen LogP contribution is -2.37. The number of aryl methyl sites for hydroxylation is 1. The molecule has 2 amide bonds. The molecule has 0 radical (unpaired) electrons. The van der Waals surface area contributed by atoms with E-state index in [4.69, 9.17) is 23.2 Å². The van der Waals surface area contributed by atoms with Gasteiger partial charge >= 0.3 is 0 Å². The van der Waals surface area contributed by atoms with E-state index >= 15 is 0 Å². The van der Waals surface area contributed by atoms with Crippen LogP contribution in [0.4, 0.5) is 11.4 Å². The van der Waals surface area contributed by atoms with Gasteiger partial charge in [-0.1, -0.05) is 35.3 Å². The molecule has 2 rings (SSSR count). The van der Waals surface area contributed by atoms with E-state index in [1.807, 2.05) is 32.0 Å². The third kappa shape index (κ3) is 4.28. The molecule has 0 unspecified atom stereocenters. The van der Waals surface area contributed by atoms with Gasteiger partial charge in [0.25, 0.3) is 0 Å². The first-order valence-corrected chi connectivity index (χ1v) is 8.14. The van der Waals surface area contributed by atoms with Crippen molar-refractivity contribution in [3.8, 4) is 0 Å². The molecule has 0 aromatic heterocycles. The molecular formula is C18H18Cl2N2O2. The van der Waals surface area contributed by atoms with E-state index in [-0.39, 0.29) is 18.4 Å². The van der Waals surface area contributed by atoms with Crippen molar-refractivity contribution in [2.75, 3.05) is 16.8 Å². The van der Waals surface area contributed by atoms with Crippen LogP contribution >= 0.6 is 23.2 Å². The zero-order valence-corrected chi connectivity index (χ0v) is 15.2. The predicted octanol–water partition coefficient (Wildman–Crippen LogP) is 4.60. The molecule has 2 aromatic rings. The first-order chi connectivity index (χ1) is 11.3. The average Bonchev–Trinajstić information content (AvgIpc) is 2.52. The summed E-state index contributed by atoms with van der Waals surface area (Å²) in [4.78, 5) is 25.6. The second kappa shape index (κ2) is 7.69. The van der Waals surface area contributed by atoms with Gasteiger partial charge in [0, 0.05) is 17.6 Å². The van der Waals surface area contributed by atoms with Crippen molar-refractivity contribution in [3.05, 3.63) is 57.6 Å². The molecule has 0 aliphatic rings. The van der Waals surface area contributed by atoms with E-state index in [2.05, 4.69) is 5.32 Å². The number of nitrogens with one attached hydrogen (secondary N) is 1. The minimum atomic E-state index is -0.310. The van der Waals surface area contributed by atoms with Crippen molar-refractivity contribution in [3.63, 3.8) is 0 Å². The summed E-state index contributed by atoms with van der Waals surface area (Å²) < 4.78 is 0. The Morgan fingerprint density at radius 2 is 1.83 bits per heavy atom. The fourth-order valence-electron chi connectivity index (χ4n) is 2.28. The molecule has 1 N–H and O–H groups in total. The molecule has 0 saturated carbocycles. The Morgan fingerprint density at radius 3 is 2.50 bits per heavy atom. The van der Waals surface area contributed by atoms with Gasteiger partial charge in [-0.15, -0.1) is 0 Å². The molecule has 0 bridgehead atoms. The quantitative estimate of drug-likeness (QED) is 0.861. The van der Waals surface area contributed by atoms with Crippen LogP contribution in [0.3, 0.4) is 0 Å². The van der Waals surface area contributed by atoms with E-state index in [1.54, 1.807) is 18.2 Å². The molecule has 0 aliphatic heterocycles. The number of anilines is 2. The van der Waals surface area contributed by atoms with Gasteiger partial charge in [0.2, 0.25) is 11.8 Å². The Balaban J connectivity index is 2.22. The van der Waals surface area contributed by atoms with Crippen molar-refractivity contribution in [2.24, 2.45) is 0 Å². The number of hydrogen-bond donors (Lipinski definition) is 1. The van der Waals surface area contributed by atoms with Gasteiger partial charge in [0.05, 0.1) is 10.7 Å². The minimum absolute atomic E-state index is 0.150. The standard InChI is InChI=1S/C18H18Cl2N2O2/c1-11-5-4-6-16(12(11)2)21-18(24)10-22(13(3)23)17-9-14(19)7-8-15(17)20/h4-9H,10H2,1-3H3,(H,21,24). The molecule has 0 saturated heterocycles. The third-order valence-electron chi connectivity index (χ3n) is 3.76. The number of rotatable bonds is 4. The first kappa shape index (κ1) is 18.3. The summed E-state index contributed by atoms with van der Waals surface area (Å²) in [5.74, 6) is -0.606. The van der Waals surface area contributed by atoms with Gasteiger partial charge in [-0.25, -0.2) is 0 Å². The summed E-state index contributed by atoms with van der Waals surface area (Å²) in [6.07, 6.45) is 0. The highest BCUT2D eigenvalue weighted by molar-refractivity contribution is 6.35. The van der Waals surface area contributed by atoms with Crippen LogP contribution in [0.2, 0.25) is 10.0 Å². The maximum absolute atomic E-state index is 12.4. The topological polar surface area (TPSA) is 49.4 Å². The number of nitrogens with zero attached hydrogens (tertiary/aromatic N) is 1. The molecule has 126 valence electrons. The number of carbonyl (C=O) groups excluding carboxylic acids is 2. The molecule has 0 spiro atoms. The highest BCUT2D eigenvalue weighted by atomic mass is 35.5. The van der Waals surface area contributed by atoms with Crippen molar-refractivity contribution >= 4 is 46.4 Å². The molecule has 2 aromatic carbocycles. The lowest BCUT2D eigenvalue weighted by Gasteiger charge is -2.22. The number of amides is 2. The molecule has 0 aliphatic carbocycles. The van der Waals surface area contributed by atoms with Crippen LogP contribution in [0.25, 0.3) is 0 Å². The Morgan fingerprint density at radius 1 is 1.12 bits per heavy atom. The third-order valence-corrected chi connectivity index (χ3v) is 4.31. The molecule has 24 heavy (non-hydrogen) atoms. The Hall–Kier alpha value is -2.04. The molecule has 0 fully saturated rings. The largest absolute Gasteiger partial charge is 0.324 e. The predicted molar refractivity (Wildman–Crippen MR) is 99.0 cm³/mol. The van der Waals surface area contributed by atoms with Crippen LogP contribution < -0.4 is 10.2 Å².